The molecule has 0 aliphatic heterocycles. The Hall–Kier alpha value is -0.423. The second kappa shape index (κ2) is 5.99. The fourth-order valence-electron chi connectivity index (χ4n) is 2.63. The highest BCUT2D eigenvalue weighted by Gasteiger charge is 2.41. The molecule has 2 rings (SSSR count). The first-order valence-electron chi connectivity index (χ1n) is 7.60. The first kappa shape index (κ1) is 16.9. The number of aromatic nitrogens is 1. The van der Waals surface area contributed by atoms with Crippen molar-refractivity contribution in [2.24, 2.45) is 0 Å². The molecule has 5 heteroatoms. The van der Waals surface area contributed by atoms with Crippen molar-refractivity contribution >= 4 is 19.9 Å². The van der Waals surface area contributed by atoms with Crippen molar-refractivity contribution in [1.29, 1.82) is 0 Å². The SMILES string of the molecule is CC(C)(C)[Si](C)(C)O[C@H]1CC[C@H](CO)c2ccnc(Cl)c21. The minimum Gasteiger partial charge on any atom is -0.410 e. The predicted octanol–water partition coefficient (Wildman–Crippen LogP) is 4.67. The van der Waals surface area contributed by atoms with Gasteiger partial charge in [0.1, 0.15) is 5.15 Å². The van der Waals surface area contributed by atoms with E-state index in [0.29, 0.717) is 5.15 Å². The zero-order valence-corrected chi connectivity index (χ0v) is 15.4. The van der Waals surface area contributed by atoms with E-state index >= 15 is 0 Å². The molecule has 1 aromatic heterocycles. The second-order valence-electron chi connectivity index (χ2n) is 7.43. The van der Waals surface area contributed by atoms with Crippen LogP contribution in [-0.2, 0) is 4.43 Å². The number of pyridine rings is 1. The number of aliphatic hydroxyl groups is 1. The number of aliphatic hydroxyl groups excluding tert-OH is 1. The molecule has 0 aromatic carbocycles. The van der Waals surface area contributed by atoms with Crippen LogP contribution in [0.3, 0.4) is 0 Å². The van der Waals surface area contributed by atoms with Gasteiger partial charge < -0.3 is 9.53 Å². The molecule has 0 amide bonds. The molecule has 1 heterocycles. The fraction of sp³-hybridized carbons (Fsp3) is 0.688. The van der Waals surface area contributed by atoms with E-state index in [-0.39, 0.29) is 23.7 Å². The smallest absolute Gasteiger partial charge is 0.192 e. The van der Waals surface area contributed by atoms with Crippen LogP contribution in [0.25, 0.3) is 0 Å². The highest BCUT2D eigenvalue weighted by Crippen LogP contribution is 2.46. The maximum Gasteiger partial charge on any atom is 0.192 e. The largest absolute Gasteiger partial charge is 0.410 e. The van der Waals surface area contributed by atoms with Crippen LogP contribution in [0.5, 0.6) is 0 Å². The topological polar surface area (TPSA) is 42.4 Å². The van der Waals surface area contributed by atoms with Crippen LogP contribution >= 0.6 is 11.6 Å². The Morgan fingerprint density at radius 1 is 1.38 bits per heavy atom. The van der Waals surface area contributed by atoms with Crippen molar-refractivity contribution in [2.45, 2.75) is 63.8 Å². The highest BCUT2D eigenvalue weighted by molar-refractivity contribution is 6.74. The maximum absolute atomic E-state index is 9.58. The number of rotatable bonds is 3. The zero-order chi connectivity index (χ0) is 15.8. The van der Waals surface area contributed by atoms with Gasteiger partial charge in [-0.15, -0.1) is 0 Å². The van der Waals surface area contributed by atoms with E-state index < -0.39 is 8.32 Å². The van der Waals surface area contributed by atoms with Crippen LogP contribution in [0.1, 0.15) is 56.8 Å². The predicted molar refractivity (Wildman–Crippen MR) is 89.3 cm³/mol. The normalized spacial score (nSPS) is 23.0. The summed E-state index contributed by atoms with van der Waals surface area (Å²) in [7, 11) is -1.86. The molecular weight excluding hydrogens is 302 g/mol. The summed E-state index contributed by atoms with van der Waals surface area (Å²) >= 11 is 6.34. The molecule has 0 radical (unpaired) electrons. The van der Waals surface area contributed by atoms with Crippen LogP contribution in [0.15, 0.2) is 12.3 Å². The molecule has 118 valence electrons. The van der Waals surface area contributed by atoms with Gasteiger partial charge in [0, 0.05) is 24.3 Å². The van der Waals surface area contributed by atoms with Crippen LogP contribution in [0, 0.1) is 0 Å². The van der Waals surface area contributed by atoms with Crippen LogP contribution in [-0.4, -0.2) is 25.0 Å². The summed E-state index contributed by atoms with van der Waals surface area (Å²) in [5.41, 5.74) is 2.10. The maximum atomic E-state index is 9.58. The van der Waals surface area contributed by atoms with E-state index in [0.717, 1.165) is 24.0 Å². The van der Waals surface area contributed by atoms with Crippen LogP contribution < -0.4 is 0 Å². The third kappa shape index (κ3) is 3.34. The van der Waals surface area contributed by atoms with Crippen molar-refractivity contribution in [3.05, 3.63) is 28.5 Å². The van der Waals surface area contributed by atoms with Gasteiger partial charge in [0.15, 0.2) is 8.32 Å². The quantitative estimate of drug-likeness (QED) is 0.648. The number of nitrogens with zero attached hydrogens (tertiary/aromatic N) is 1. The van der Waals surface area contributed by atoms with Gasteiger partial charge in [0.05, 0.1) is 6.10 Å². The summed E-state index contributed by atoms with van der Waals surface area (Å²) in [6.45, 7) is 11.4. The molecule has 1 aliphatic carbocycles. The first-order chi connectivity index (χ1) is 9.67. The molecular formula is C16H26ClNO2Si. The Bertz CT molecular complexity index is 513. The number of hydrogen-bond donors (Lipinski definition) is 1. The molecule has 1 aromatic rings. The van der Waals surface area contributed by atoms with Crippen molar-refractivity contribution in [1.82, 2.24) is 4.98 Å². The average Bonchev–Trinajstić information content (AvgIpc) is 2.37. The fourth-order valence-corrected chi connectivity index (χ4v) is 4.22. The lowest BCUT2D eigenvalue weighted by Gasteiger charge is -2.42. The third-order valence-electron chi connectivity index (χ3n) is 4.98. The second-order valence-corrected chi connectivity index (χ2v) is 12.5. The minimum absolute atomic E-state index is 0.00453. The molecule has 21 heavy (non-hydrogen) atoms. The summed E-state index contributed by atoms with van der Waals surface area (Å²) < 4.78 is 6.58. The molecule has 0 saturated carbocycles. The Labute approximate surface area is 133 Å². The van der Waals surface area contributed by atoms with Gasteiger partial charge in [-0.3, -0.25) is 0 Å². The Kier molecular flexibility index (Phi) is 4.83. The molecule has 1 aliphatic rings. The van der Waals surface area contributed by atoms with Gasteiger partial charge in [0.2, 0.25) is 0 Å². The summed E-state index contributed by atoms with van der Waals surface area (Å²) in [5, 5.41) is 10.3. The van der Waals surface area contributed by atoms with E-state index in [9.17, 15) is 5.11 Å². The third-order valence-corrected chi connectivity index (χ3v) is 9.77. The molecule has 0 saturated heterocycles. The van der Waals surface area contributed by atoms with Crippen molar-refractivity contribution in [3.63, 3.8) is 0 Å². The van der Waals surface area contributed by atoms with Gasteiger partial charge in [0.25, 0.3) is 0 Å². The lowest BCUT2D eigenvalue weighted by Crippen LogP contribution is -2.42. The van der Waals surface area contributed by atoms with Gasteiger partial charge in [-0.2, -0.15) is 0 Å². The lowest BCUT2D eigenvalue weighted by molar-refractivity contribution is 0.145. The summed E-state index contributed by atoms with van der Waals surface area (Å²) in [5.74, 6) is 0.153. The summed E-state index contributed by atoms with van der Waals surface area (Å²) in [4.78, 5) is 4.22. The van der Waals surface area contributed by atoms with Gasteiger partial charge in [-0.05, 0) is 42.6 Å². The van der Waals surface area contributed by atoms with Crippen molar-refractivity contribution < 1.29 is 9.53 Å². The Morgan fingerprint density at radius 3 is 2.62 bits per heavy atom. The minimum atomic E-state index is -1.86. The molecule has 0 fully saturated rings. The molecule has 0 spiro atoms. The van der Waals surface area contributed by atoms with E-state index in [1.807, 2.05) is 6.07 Å². The molecule has 1 N–H and O–H groups in total. The van der Waals surface area contributed by atoms with Gasteiger partial charge >= 0.3 is 0 Å². The monoisotopic (exact) mass is 327 g/mol. The first-order valence-corrected chi connectivity index (χ1v) is 10.9. The highest BCUT2D eigenvalue weighted by atomic mass is 35.5. The van der Waals surface area contributed by atoms with Gasteiger partial charge in [-0.25, -0.2) is 4.98 Å². The molecule has 0 bridgehead atoms. The summed E-state index contributed by atoms with van der Waals surface area (Å²) in [6.07, 6.45) is 3.56. The molecule has 2 atom stereocenters. The Balaban J connectivity index is 2.36. The average molecular weight is 328 g/mol. The van der Waals surface area contributed by atoms with E-state index in [4.69, 9.17) is 16.0 Å². The van der Waals surface area contributed by atoms with E-state index in [2.05, 4.69) is 38.8 Å². The molecule has 3 nitrogen and oxygen atoms in total. The number of fused-ring (bicyclic) bond motifs is 1. The Morgan fingerprint density at radius 2 is 2.05 bits per heavy atom. The molecule has 0 unspecified atom stereocenters. The lowest BCUT2D eigenvalue weighted by atomic mass is 9.83. The number of halogens is 1. The van der Waals surface area contributed by atoms with Crippen molar-refractivity contribution in [2.75, 3.05) is 6.61 Å². The van der Waals surface area contributed by atoms with Crippen molar-refractivity contribution in [3.8, 4) is 0 Å². The van der Waals surface area contributed by atoms with E-state index in [1.165, 1.54) is 0 Å². The van der Waals surface area contributed by atoms with Crippen LogP contribution in [0.4, 0.5) is 0 Å². The zero-order valence-electron chi connectivity index (χ0n) is 13.6. The van der Waals surface area contributed by atoms with E-state index in [1.54, 1.807) is 6.20 Å². The standard InChI is InChI=1S/C16H26ClNO2Si/c1-16(2,3)21(4,5)20-13-7-6-11(10-19)12-8-9-18-15(17)14(12)13/h8-9,11,13,19H,6-7,10H2,1-5H3/t11-,13+/m1/s1. The number of hydrogen-bond acceptors (Lipinski definition) is 3. The van der Waals surface area contributed by atoms with Crippen LogP contribution in [0.2, 0.25) is 23.3 Å². The summed E-state index contributed by atoms with van der Waals surface area (Å²) in [6, 6.07) is 1.98. The van der Waals surface area contributed by atoms with Gasteiger partial charge in [-0.1, -0.05) is 32.4 Å².